The monoisotopic (exact) mass is 391 g/mol. The van der Waals surface area contributed by atoms with Gasteiger partial charge in [-0.2, -0.15) is 12.6 Å². The highest BCUT2D eigenvalue weighted by molar-refractivity contribution is 7.80. The van der Waals surface area contributed by atoms with E-state index in [4.69, 9.17) is 15.9 Å². The van der Waals surface area contributed by atoms with E-state index >= 15 is 0 Å². The van der Waals surface area contributed by atoms with E-state index in [1.165, 1.54) is 0 Å². The number of rotatable bonds is 10. The molecule has 0 spiro atoms. The van der Waals surface area contributed by atoms with Crippen LogP contribution < -0.4 is 11.1 Å². The van der Waals surface area contributed by atoms with Crippen molar-refractivity contribution < 1.29 is 39.0 Å². The Morgan fingerprint density at radius 3 is 1.96 bits per heavy atom. The molecular weight excluding hydrogens is 370 g/mol. The Bertz CT molecular complexity index is 595. The first kappa shape index (κ1) is 23.5. The Labute approximate surface area is 154 Å². The van der Waals surface area contributed by atoms with Crippen molar-refractivity contribution in [3.8, 4) is 0 Å². The summed E-state index contributed by atoms with van der Waals surface area (Å²) in [4.78, 5) is 69.6. The summed E-state index contributed by atoms with van der Waals surface area (Å²) in [5.74, 6) is -7.09. The number of nitrogens with two attached hydrogens (primary N) is 1. The maximum atomic E-state index is 12.5. The first-order valence-corrected chi connectivity index (χ1v) is 8.02. The minimum atomic E-state index is -2.03. The molecule has 0 aliphatic carbocycles. The molecule has 0 rings (SSSR count). The van der Waals surface area contributed by atoms with Crippen LogP contribution in [0.2, 0.25) is 0 Å². The van der Waals surface area contributed by atoms with Crippen molar-refractivity contribution in [2.75, 3.05) is 5.75 Å². The molecule has 0 fully saturated rings. The predicted octanol–water partition coefficient (Wildman–Crippen LogP) is -1.99. The van der Waals surface area contributed by atoms with Gasteiger partial charge in [0, 0.05) is 19.1 Å². The molecule has 26 heavy (non-hydrogen) atoms. The number of hydrogen-bond acceptors (Lipinski definition) is 8. The van der Waals surface area contributed by atoms with Gasteiger partial charge < -0.3 is 21.3 Å². The van der Waals surface area contributed by atoms with E-state index in [0.717, 1.165) is 13.8 Å². The molecular formula is C14H21N3O8S. The SMILES string of the molecule is CC(=O)C(C(=O)O)N(C(C)=O)C(=O)C(CS)NC(=O)CCC(N)C(=O)O. The highest BCUT2D eigenvalue weighted by atomic mass is 32.1. The van der Waals surface area contributed by atoms with Gasteiger partial charge in [0.2, 0.25) is 11.8 Å². The van der Waals surface area contributed by atoms with Crippen LogP contribution in [-0.2, 0) is 28.8 Å². The number of hydrogen-bond donors (Lipinski definition) is 5. The summed E-state index contributed by atoms with van der Waals surface area (Å²) in [6.45, 7) is 1.81. The van der Waals surface area contributed by atoms with Crippen molar-refractivity contribution in [2.24, 2.45) is 5.73 Å². The summed E-state index contributed by atoms with van der Waals surface area (Å²) in [7, 11) is 0. The highest BCUT2D eigenvalue weighted by Gasteiger charge is 2.39. The average molecular weight is 391 g/mol. The molecule has 12 heteroatoms. The molecule has 0 saturated heterocycles. The van der Waals surface area contributed by atoms with Crippen LogP contribution in [0.4, 0.5) is 0 Å². The third-order valence-electron chi connectivity index (χ3n) is 3.27. The van der Waals surface area contributed by atoms with Gasteiger partial charge in [-0.15, -0.1) is 0 Å². The lowest BCUT2D eigenvalue weighted by Crippen LogP contribution is -2.58. The minimum absolute atomic E-state index is 0.198. The molecule has 146 valence electrons. The molecule has 0 aromatic heterocycles. The second-order valence-corrected chi connectivity index (χ2v) is 5.73. The van der Waals surface area contributed by atoms with Gasteiger partial charge in [-0.3, -0.25) is 28.9 Å². The first-order valence-electron chi connectivity index (χ1n) is 7.39. The molecule has 5 N–H and O–H groups in total. The molecule has 0 saturated carbocycles. The summed E-state index contributed by atoms with van der Waals surface area (Å²) >= 11 is 3.88. The van der Waals surface area contributed by atoms with E-state index in [1.54, 1.807) is 0 Å². The number of Topliss-reactive ketones (excluding diaryl/α,β-unsaturated/α-hetero) is 1. The number of carboxylic acids is 2. The summed E-state index contributed by atoms with van der Waals surface area (Å²) in [5.41, 5.74) is 5.26. The lowest BCUT2D eigenvalue weighted by atomic mass is 10.1. The number of carbonyl (C=O) groups is 6. The van der Waals surface area contributed by atoms with Crippen molar-refractivity contribution in [1.29, 1.82) is 0 Å². The Morgan fingerprint density at radius 2 is 1.62 bits per heavy atom. The molecule has 0 bridgehead atoms. The van der Waals surface area contributed by atoms with Crippen LogP contribution in [0.3, 0.4) is 0 Å². The van der Waals surface area contributed by atoms with Crippen LogP contribution in [-0.4, -0.2) is 74.4 Å². The fourth-order valence-corrected chi connectivity index (χ4v) is 2.21. The zero-order chi connectivity index (χ0) is 20.6. The van der Waals surface area contributed by atoms with E-state index in [0.29, 0.717) is 0 Å². The molecule has 11 nitrogen and oxygen atoms in total. The average Bonchev–Trinajstić information content (AvgIpc) is 2.53. The lowest BCUT2D eigenvalue weighted by molar-refractivity contribution is -0.161. The number of ketones is 1. The molecule has 0 aliphatic rings. The van der Waals surface area contributed by atoms with Gasteiger partial charge in [-0.25, -0.2) is 4.79 Å². The molecule has 3 atom stereocenters. The fourth-order valence-electron chi connectivity index (χ4n) is 1.96. The van der Waals surface area contributed by atoms with Gasteiger partial charge in [0.25, 0.3) is 5.91 Å². The Hall–Kier alpha value is -2.47. The van der Waals surface area contributed by atoms with E-state index in [9.17, 15) is 28.8 Å². The van der Waals surface area contributed by atoms with E-state index in [2.05, 4.69) is 17.9 Å². The van der Waals surface area contributed by atoms with Crippen LogP contribution in [0.15, 0.2) is 0 Å². The summed E-state index contributed by atoms with van der Waals surface area (Å²) in [6, 6.07) is -4.69. The second-order valence-electron chi connectivity index (χ2n) is 5.36. The lowest BCUT2D eigenvalue weighted by Gasteiger charge is -2.28. The van der Waals surface area contributed by atoms with Crippen LogP contribution in [0.25, 0.3) is 0 Å². The van der Waals surface area contributed by atoms with Crippen molar-refractivity contribution in [1.82, 2.24) is 10.2 Å². The Morgan fingerprint density at radius 1 is 1.08 bits per heavy atom. The van der Waals surface area contributed by atoms with Gasteiger partial charge in [0.1, 0.15) is 12.1 Å². The topological polar surface area (TPSA) is 184 Å². The molecule has 0 radical (unpaired) electrons. The van der Waals surface area contributed by atoms with Crippen LogP contribution in [0.5, 0.6) is 0 Å². The van der Waals surface area contributed by atoms with Gasteiger partial charge in [0.15, 0.2) is 11.8 Å². The van der Waals surface area contributed by atoms with E-state index in [1.807, 2.05) is 0 Å². The zero-order valence-corrected chi connectivity index (χ0v) is 15.1. The standard InChI is InChI=1S/C14H21N3O8S/c1-6(18)11(14(24)25)17(7(2)19)12(21)9(5-26)16-10(20)4-3-8(15)13(22)23/h8-9,11,26H,3-5,15H2,1-2H3,(H,16,20)(H,22,23)(H,24,25). The zero-order valence-electron chi connectivity index (χ0n) is 14.2. The number of nitrogens with one attached hydrogen (secondary N) is 1. The van der Waals surface area contributed by atoms with Crippen LogP contribution in [0.1, 0.15) is 26.7 Å². The number of amides is 3. The second kappa shape index (κ2) is 10.5. The van der Waals surface area contributed by atoms with Crippen molar-refractivity contribution in [3.63, 3.8) is 0 Å². The van der Waals surface area contributed by atoms with Gasteiger partial charge >= 0.3 is 11.9 Å². The Balaban J connectivity index is 5.26. The number of carbonyl (C=O) groups excluding carboxylic acids is 4. The molecule has 0 aromatic rings. The van der Waals surface area contributed by atoms with Crippen LogP contribution in [0, 0.1) is 0 Å². The molecule has 0 heterocycles. The van der Waals surface area contributed by atoms with E-state index < -0.39 is 53.6 Å². The third kappa shape index (κ3) is 6.80. The minimum Gasteiger partial charge on any atom is -0.480 e. The summed E-state index contributed by atoms with van der Waals surface area (Å²) in [6.07, 6.45) is -0.517. The number of imide groups is 1. The molecule has 0 aromatic carbocycles. The van der Waals surface area contributed by atoms with Crippen molar-refractivity contribution in [2.45, 2.75) is 44.8 Å². The quantitative estimate of drug-likeness (QED) is 0.208. The molecule has 3 unspecified atom stereocenters. The van der Waals surface area contributed by atoms with Gasteiger partial charge in [-0.1, -0.05) is 0 Å². The Kier molecular flexibility index (Phi) is 9.51. The summed E-state index contributed by atoms with van der Waals surface area (Å²) < 4.78 is 0. The number of thiol groups is 1. The predicted molar refractivity (Wildman–Crippen MR) is 90.3 cm³/mol. The smallest absolute Gasteiger partial charge is 0.334 e. The van der Waals surface area contributed by atoms with Crippen molar-refractivity contribution >= 4 is 48.1 Å². The number of aliphatic carboxylic acids is 2. The van der Waals surface area contributed by atoms with E-state index in [-0.39, 0.29) is 23.5 Å². The molecule has 0 aliphatic heterocycles. The number of carboxylic acid groups (broad SMARTS) is 2. The maximum Gasteiger partial charge on any atom is 0.334 e. The fraction of sp³-hybridized carbons (Fsp3) is 0.571. The van der Waals surface area contributed by atoms with Crippen LogP contribution >= 0.6 is 12.6 Å². The van der Waals surface area contributed by atoms with Gasteiger partial charge in [-0.05, 0) is 13.3 Å². The summed E-state index contributed by atoms with van der Waals surface area (Å²) in [5, 5.41) is 20.0. The highest BCUT2D eigenvalue weighted by Crippen LogP contribution is 2.08. The number of nitrogens with zero attached hydrogens (tertiary/aromatic N) is 1. The third-order valence-corrected chi connectivity index (χ3v) is 3.63. The largest absolute Gasteiger partial charge is 0.480 e. The maximum absolute atomic E-state index is 12.5. The van der Waals surface area contributed by atoms with Gasteiger partial charge in [0.05, 0.1) is 0 Å². The first-order chi connectivity index (χ1) is 11.9. The van der Waals surface area contributed by atoms with Crippen molar-refractivity contribution in [3.05, 3.63) is 0 Å². The molecule has 3 amide bonds. The normalized spacial score (nSPS) is 13.8.